The van der Waals surface area contributed by atoms with Gasteiger partial charge in [0.05, 0.1) is 23.9 Å². The topological polar surface area (TPSA) is 96.7 Å². The number of hydrogen-bond donors (Lipinski definition) is 1. The molecule has 1 N–H and O–H groups in total. The first-order chi connectivity index (χ1) is 17.1. The molecule has 2 aromatic rings. The molecule has 0 radical (unpaired) electrons. The van der Waals surface area contributed by atoms with E-state index in [4.69, 9.17) is 23.2 Å². The maximum atomic E-state index is 14.1. The number of nitrogens with one attached hydrogen (secondary N) is 1. The van der Waals surface area contributed by atoms with Crippen LogP contribution in [0.4, 0.5) is 10.5 Å². The quantitative estimate of drug-likeness (QED) is 0.575. The van der Waals surface area contributed by atoms with Gasteiger partial charge in [-0.1, -0.05) is 49.2 Å². The lowest BCUT2D eigenvalue weighted by Gasteiger charge is -2.34. The molecule has 2 aliphatic heterocycles. The van der Waals surface area contributed by atoms with Crippen LogP contribution < -0.4 is 10.2 Å². The number of rotatable bonds is 6. The molecule has 2 saturated heterocycles. The van der Waals surface area contributed by atoms with E-state index < -0.39 is 23.4 Å². The summed E-state index contributed by atoms with van der Waals surface area (Å²) in [5.74, 6) is -0.669. The summed E-state index contributed by atoms with van der Waals surface area (Å²) < 4.78 is 0. The number of likely N-dealkylation sites (N-methyl/N-ethyl adjacent to an activating group) is 1. The number of carbonyl (C=O) groups excluding carboxylic acids is 3. The van der Waals surface area contributed by atoms with Crippen LogP contribution in [0.3, 0.4) is 0 Å². The average molecular weight is 528 g/mol. The zero-order valence-electron chi connectivity index (χ0n) is 20.3. The normalized spacial score (nSPS) is 22.1. The van der Waals surface area contributed by atoms with E-state index in [0.717, 1.165) is 10.5 Å². The molecule has 8 nitrogen and oxygen atoms in total. The van der Waals surface area contributed by atoms with Gasteiger partial charge in [0.2, 0.25) is 5.91 Å². The summed E-state index contributed by atoms with van der Waals surface area (Å²) in [4.78, 5) is 44.7. The number of nitrogens with zero attached hydrogens (tertiary/aromatic N) is 4. The van der Waals surface area contributed by atoms with Crippen LogP contribution in [0.2, 0.25) is 10.0 Å². The van der Waals surface area contributed by atoms with Gasteiger partial charge >= 0.3 is 6.03 Å². The summed E-state index contributed by atoms with van der Waals surface area (Å²) in [6, 6.07) is 13.2. The Kier molecular flexibility index (Phi) is 7.28. The largest absolute Gasteiger partial charge is 0.355 e. The SMILES string of the molecule is CC(C)CNC(=O)CN1C[C@@H](c2ccc(C#N)cc2)[C@]2(C1)C(=O)N(c1cc(Cl)cc(Cl)c1)C(=O)N2C. The maximum absolute atomic E-state index is 14.1. The molecule has 0 aliphatic carbocycles. The van der Waals surface area contributed by atoms with E-state index in [1.54, 1.807) is 31.3 Å². The third-order valence-electron chi connectivity index (χ3n) is 6.75. The number of hydrogen-bond acceptors (Lipinski definition) is 5. The number of amides is 4. The minimum atomic E-state index is -1.25. The van der Waals surface area contributed by atoms with Gasteiger partial charge in [-0.15, -0.1) is 0 Å². The number of anilines is 1. The Hall–Kier alpha value is -3.12. The molecule has 2 aromatic carbocycles. The van der Waals surface area contributed by atoms with Crippen molar-refractivity contribution in [3.63, 3.8) is 0 Å². The molecule has 2 fully saturated rings. The summed E-state index contributed by atoms with van der Waals surface area (Å²) in [5.41, 5.74) is 0.335. The van der Waals surface area contributed by atoms with Crippen LogP contribution in [0, 0.1) is 17.2 Å². The summed E-state index contributed by atoms with van der Waals surface area (Å²) in [6.45, 7) is 5.24. The second kappa shape index (κ2) is 10.1. The van der Waals surface area contributed by atoms with E-state index in [1.807, 2.05) is 18.7 Å². The van der Waals surface area contributed by atoms with Crippen molar-refractivity contribution in [2.75, 3.05) is 38.1 Å². The van der Waals surface area contributed by atoms with Gasteiger partial charge in [-0.2, -0.15) is 5.26 Å². The number of imide groups is 1. The van der Waals surface area contributed by atoms with Crippen molar-refractivity contribution in [3.8, 4) is 6.07 Å². The van der Waals surface area contributed by atoms with Crippen molar-refractivity contribution in [3.05, 3.63) is 63.6 Å². The van der Waals surface area contributed by atoms with Gasteiger partial charge in [-0.3, -0.25) is 14.5 Å². The van der Waals surface area contributed by atoms with Gasteiger partial charge in [-0.25, -0.2) is 9.69 Å². The lowest BCUT2D eigenvalue weighted by Crippen LogP contribution is -2.54. The van der Waals surface area contributed by atoms with Crippen LogP contribution in [-0.4, -0.2) is 66.4 Å². The van der Waals surface area contributed by atoms with Crippen molar-refractivity contribution in [1.82, 2.24) is 15.1 Å². The minimum absolute atomic E-state index is 0.0968. The van der Waals surface area contributed by atoms with Crippen LogP contribution in [0.15, 0.2) is 42.5 Å². The maximum Gasteiger partial charge on any atom is 0.332 e. The van der Waals surface area contributed by atoms with Gasteiger partial charge < -0.3 is 10.2 Å². The van der Waals surface area contributed by atoms with Crippen LogP contribution in [0.1, 0.15) is 30.9 Å². The molecule has 36 heavy (non-hydrogen) atoms. The monoisotopic (exact) mass is 527 g/mol. The van der Waals surface area contributed by atoms with Crippen LogP contribution in [0.25, 0.3) is 0 Å². The molecule has 4 amide bonds. The first-order valence-corrected chi connectivity index (χ1v) is 12.4. The number of halogens is 2. The molecule has 0 saturated carbocycles. The highest BCUT2D eigenvalue weighted by molar-refractivity contribution is 6.35. The molecule has 10 heteroatoms. The Bertz CT molecular complexity index is 1220. The summed E-state index contributed by atoms with van der Waals surface area (Å²) in [5, 5.41) is 12.7. The molecule has 188 valence electrons. The summed E-state index contributed by atoms with van der Waals surface area (Å²) in [6.07, 6.45) is 0. The van der Waals surface area contributed by atoms with Crippen LogP contribution in [-0.2, 0) is 9.59 Å². The first-order valence-electron chi connectivity index (χ1n) is 11.6. The Morgan fingerprint density at radius 3 is 2.39 bits per heavy atom. The molecule has 4 rings (SSSR count). The molecule has 2 heterocycles. The molecule has 2 aliphatic rings. The van der Waals surface area contributed by atoms with Gasteiger partial charge in [0.1, 0.15) is 5.54 Å². The molecular weight excluding hydrogens is 501 g/mol. The van der Waals surface area contributed by atoms with Crippen molar-refractivity contribution in [1.29, 1.82) is 5.26 Å². The highest BCUT2D eigenvalue weighted by Gasteiger charge is 2.64. The van der Waals surface area contributed by atoms with E-state index in [-0.39, 0.29) is 24.7 Å². The number of urea groups is 1. The van der Waals surface area contributed by atoms with Gasteiger partial charge in [0.15, 0.2) is 0 Å². The molecule has 0 unspecified atom stereocenters. The van der Waals surface area contributed by atoms with Gasteiger partial charge in [0, 0.05) is 42.6 Å². The molecule has 1 spiro atoms. The highest BCUT2D eigenvalue weighted by atomic mass is 35.5. The number of carbonyl (C=O) groups is 3. The van der Waals surface area contributed by atoms with Gasteiger partial charge in [-0.05, 0) is 41.8 Å². The summed E-state index contributed by atoms with van der Waals surface area (Å²) in [7, 11) is 1.60. The molecular formula is C26H27Cl2N5O3. The van der Waals surface area contributed by atoms with Crippen LogP contribution in [0.5, 0.6) is 0 Å². The summed E-state index contributed by atoms with van der Waals surface area (Å²) >= 11 is 12.3. The van der Waals surface area contributed by atoms with E-state index in [0.29, 0.717) is 34.6 Å². The van der Waals surface area contributed by atoms with Crippen molar-refractivity contribution < 1.29 is 14.4 Å². The fourth-order valence-electron chi connectivity index (χ4n) is 4.99. The van der Waals surface area contributed by atoms with Gasteiger partial charge in [0.25, 0.3) is 5.91 Å². The standard InChI is InChI=1S/C26H27Cl2N5O3/c1-16(2)12-30-23(34)14-32-13-22(18-6-4-17(11-29)5-7-18)26(15-32)24(35)33(25(36)31(26)3)21-9-19(27)8-20(28)10-21/h4-10,16,22H,12-15H2,1-3H3,(H,30,34)/t22-,26+/m0/s1. The van der Waals surface area contributed by atoms with Crippen LogP contribution >= 0.6 is 23.2 Å². The second-order valence-corrected chi connectivity index (χ2v) is 10.6. The first kappa shape index (κ1) is 26.0. The smallest absolute Gasteiger partial charge is 0.332 e. The minimum Gasteiger partial charge on any atom is -0.355 e. The van der Waals surface area contributed by atoms with Crippen molar-refractivity contribution >= 4 is 46.7 Å². The Morgan fingerprint density at radius 1 is 1.17 bits per heavy atom. The lowest BCUT2D eigenvalue weighted by molar-refractivity contribution is -0.126. The second-order valence-electron chi connectivity index (χ2n) is 9.69. The van der Waals surface area contributed by atoms with E-state index in [2.05, 4.69) is 11.4 Å². The zero-order chi connectivity index (χ0) is 26.2. The van der Waals surface area contributed by atoms with Crippen molar-refractivity contribution in [2.45, 2.75) is 25.3 Å². The fourth-order valence-corrected chi connectivity index (χ4v) is 5.51. The predicted octanol–water partition coefficient (Wildman–Crippen LogP) is 3.87. The highest BCUT2D eigenvalue weighted by Crippen LogP contribution is 2.46. The number of benzene rings is 2. The average Bonchev–Trinajstić information content (AvgIpc) is 3.29. The van der Waals surface area contributed by atoms with E-state index in [9.17, 15) is 19.6 Å². The molecule has 0 bridgehead atoms. The fraction of sp³-hybridized carbons (Fsp3) is 0.385. The Morgan fingerprint density at radius 2 is 1.81 bits per heavy atom. The number of nitriles is 1. The third kappa shape index (κ3) is 4.66. The van der Waals surface area contributed by atoms with E-state index in [1.165, 1.54) is 23.1 Å². The third-order valence-corrected chi connectivity index (χ3v) is 7.19. The van der Waals surface area contributed by atoms with Crippen molar-refractivity contribution in [2.24, 2.45) is 5.92 Å². The Balaban J connectivity index is 1.73. The van der Waals surface area contributed by atoms with E-state index >= 15 is 0 Å². The lowest BCUT2D eigenvalue weighted by atomic mass is 9.80. The number of likely N-dealkylation sites (tertiary alicyclic amines) is 1. The Labute approximate surface area is 220 Å². The molecule has 0 aromatic heterocycles. The molecule has 2 atom stereocenters. The predicted molar refractivity (Wildman–Crippen MR) is 138 cm³/mol. The zero-order valence-corrected chi connectivity index (χ0v) is 21.8.